The molecule has 0 bridgehead atoms. The van der Waals surface area contributed by atoms with Crippen LogP contribution in [0.2, 0.25) is 0 Å². The summed E-state index contributed by atoms with van der Waals surface area (Å²) in [7, 11) is 4.04. The fraction of sp³-hybridized carbons (Fsp3) is 0.467. The van der Waals surface area contributed by atoms with Gasteiger partial charge in [-0.1, -0.05) is 6.07 Å². The van der Waals surface area contributed by atoms with Gasteiger partial charge in [-0.2, -0.15) is 0 Å². The summed E-state index contributed by atoms with van der Waals surface area (Å²) >= 11 is 1.70. The first-order valence-corrected chi connectivity index (χ1v) is 8.14. The first-order valence-electron chi connectivity index (χ1n) is 7.26. The Bertz CT molecular complexity index is 553. The molecule has 2 aromatic heterocycles. The third-order valence-electron chi connectivity index (χ3n) is 3.37. The Kier molecular flexibility index (Phi) is 5.97. The van der Waals surface area contributed by atoms with Crippen molar-refractivity contribution in [2.75, 3.05) is 20.6 Å². The van der Waals surface area contributed by atoms with Crippen molar-refractivity contribution >= 4 is 17.4 Å². The minimum atomic E-state index is -0.143. The number of carbonyl (C=O) groups is 1. The van der Waals surface area contributed by atoms with Crippen LogP contribution in [0.25, 0.3) is 0 Å². The van der Waals surface area contributed by atoms with E-state index in [2.05, 4.69) is 32.0 Å². The van der Waals surface area contributed by atoms with Crippen LogP contribution < -0.4 is 10.6 Å². The van der Waals surface area contributed by atoms with Crippen molar-refractivity contribution < 1.29 is 4.79 Å². The fourth-order valence-electron chi connectivity index (χ4n) is 2.24. The Morgan fingerprint density at radius 2 is 2.32 bits per heavy atom. The van der Waals surface area contributed by atoms with Crippen molar-refractivity contribution in [1.29, 1.82) is 0 Å². The highest BCUT2D eigenvalue weighted by Crippen LogP contribution is 2.22. The van der Waals surface area contributed by atoms with E-state index in [1.54, 1.807) is 23.9 Å². The summed E-state index contributed by atoms with van der Waals surface area (Å²) in [4.78, 5) is 19.4. The molecular weight excluding hydrogens is 298 g/mol. The minimum absolute atomic E-state index is 0.0359. The van der Waals surface area contributed by atoms with Crippen LogP contribution in [0.3, 0.4) is 0 Å². The smallest absolute Gasteiger partial charge is 0.315 e. The molecule has 2 aromatic rings. The molecule has 0 aromatic carbocycles. The van der Waals surface area contributed by atoms with Gasteiger partial charge in [-0.25, -0.2) is 9.78 Å². The van der Waals surface area contributed by atoms with E-state index < -0.39 is 0 Å². The monoisotopic (exact) mass is 321 g/mol. The number of nitrogens with one attached hydrogen (secondary N) is 2. The molecule has 0 spiro atoms. The van der Waals surface area contributed by atoms with Gasteiger partial charge in [-0.15, -0.1) is 11.3 Å². The summed E-state index contributed by atoms with van der Waals surface area (Å²) in [6.07, 6.45) is 5.36. The van der Waals surface area contributed by atoms with Crippen LogP contribution >= 0.6 is 11.3 Å². The van der Waals surface area contributed by atoms with Gasteiger partial charge in [-0.05, 0) is 32.5 Å². The predicted octanol–water partition coefficient (Wildman–Crippen LogP) is 1.94. The summed E-state index contributed by atoms with van der Waals surface area (Å²) in [5.41, 5.74) is 0. The zero-order chi connectivity index (χ0) is 15.9. The minimum Gasteiger partial charge on any atom is -0.336 e. The molecule has 0 aliphatic heterocycles. The summed E-state index contributed by atoms with van der Waals surface area (Å²) in [6, 6.07) is 4.21. The number of carbonyl (C=O) groups excluding carboxylic acids is 1. The van der Waals surface area contributed by atoms with Crippen molar-refractivity contribution in [3.05, 3.63) is 41.1 Å². The van der Waals surface area contributed by atoms with E-state index in [1.807, 2.05) is 37.8 Å². The van der Waals surface area contributed by atoms with Gasteiger partial charge in [0.2, 0.25) is 0 Å². The van der Waals surface area contributed by atoms with Gasteiger partial charge in [0.15, 0.2) is 0 Å². The van der Waals surface area contributed by atoms with E-state index in [1.165, 1.54) is 4.88 Å². The van der Waals surface area contributed by atoms with Crippen molar-refractivity contribution in [3.63, 3.8) is 0 Å². The Balaban J connectivity index is 1.78. The molecule has 6 nitrogen and oxygen atoms in total. The average Bonchev–Trinajstić information content (AvgIpc) is 3.11. The van der Waals surface area contributed by atoms with E-state index >= 15 is 0 Å². The second-order valence-corrected chi connectivity index (χ2v) is 6.49. The van der Waals surface area contributed by atoms with E-state index in [0.717, 1.165) is 0 Å². The van der Waals surface area contributed by atoms with E-state index in [-0.39, 0.29) is 18.1 Å². The lowest BCUT2D eigenvalue weighted by Crippen LogP contribution is -2.44. The number of aromatic nitrogens is 2. The van der Waals surface area contributed by atoms with E-state index in [0.29, 0.717) is 13.1 Å². The predicted molar refractivity (Wildman–Crippen MR) is 89.0 cm³/mol. The molecule has 0 saturated carbocycles. The number of likely N-dealkylation sites (N-methyl/N-ethyl adjacent to an activating group) is 1. The van der Waals surface area contributed by atoms with Crippen LogP contribution in [0.5, 0.6) is 0 Å². The summed E-state index contributed by atoms with van der Waals surface area (Å²) in [5.74, 6) is 0. The van der Waals surface area contributed by atoms with Crippen LogP contribution in [0.1, 0.15) is 17.8 Å². The van der Waals surface area contributed by atoms with Gasteiger partial charge in [0, 0.05) is 36.4 Å². The Morgan fingerprint density at radius 3 is 2.91 bits per heavy atom. The highest BCUT2D eigenvalue weighted by molar-refractivity contribution is 7.10. The number of urea groups is 1. The number of nitrogens with zero attached hydrogens (tertiary/aromatic N) is 3. The highest BCUT2D eigenvalue weighted by Gasteiger charge is 2.16. The lowest BCUT2D eigenvalue weighted by molar-refractivity contribution is 0.229. The summed E-state index contributed by atoms with van der Waals surface area (Å²) in [5, 5.41) is 7.95. The molecule has 2 amide bonds. The van der Waals surface area contributed by atoms with Gasteiger partial charge < -0.3 is 20.1 Å². The molecule has 0 aliphatic carbocycles. The van der Waals surface area contributed by atoms with E-state index in [9.17, 15) is 4.79 Å². The molecule has 7 heteroatoms. The van der Waals surface area contributed by atoms with Gasteiger partial charge >= 0.3 is 6.03 Å². The zero-order valence-electron chi connectivity index (χ0n) is 13.2. The Labute approximate surface area is 135 Å². The largest absolute Gasteiger partial charge is 0.336 e. The highest BCUT2D eigenvalue weighted by atomic mass is 32.1. The molecule has 0 saturated heterocycles. The molecule has 0 unspecified atom stereocenters. The maximum absolute atomic E-state index is 12.0. The standard InChI is InChI=1S/C15H23N5OS/c1-12(10-20-7-6-16-11-20)18-15(21)17-9-13(19(2)3)14-5-4-8-22-14/h4-8,11-13H,9-10H2,1-3H3,(H2,17,18,21)/t12-,13-/m1/s1. The number of imidazole rings is 1. The lowest BCUT2D eigenvalue weighted by Gasteiger charge is -2.24. The molecular formula is C15H23N5OS. The second-order valence-electron chi connectivity index (χ2n) is 5.51. The molecule has 120 valence electrons. The normalized spacial score (nSPS) is 13.8. The molecule has 0 fully saturated rings. The van der Waals surface area contributed by atoms with Gasteiger partial charge in [-0.3, -0.25) is 0 Å². The van der Waals surface area contributed by atoms with Crippen LogP contribution in [-0.2, 0) is 6.54 Å². The summed E-state index contributed by atoms with van der Waals surface area (Å²) in [6.45, 7) is 3.26. The number of hydrogen-bond donors (Lipinski definition) is 2. The average molecular weight is 321 g/mol. The zero-order valence-corrected chi connectivity index (χ0v) is 14.0. The van der Waals surface area contributed by atoms with Crippen LogP contribution in [0.15, 0.2) is 36.2 Å². The molecule has 0 aliphatic rings. The number of amides is 2. The molecule has 2 rings (SSSR count). The number of hydrogen-bond acceptors (Lipinski definition) is 4. The van der Waals surface area contributed by atoms with Crippen LogP contribution in [-0.4, -0.2) is 47.2 Å². The third-order valence-corrected chi connectivity index (χ3v) is 4.35. The lowest BCUT2D eigenvalue weighted by atomic mass is 10.2. The molecule has 0 radical (unpaired) electrons. The van der Waals surface area contributed by atoms with Crippen LogP contribution in [0, 0.1) is 0 Å². The summed E-state index contributed by atoms with van der Waals surface area (Å²) < 4.78 is 1.94. The Hall–Kier alpha value is -1.86. The van der Waals surface area contributed by atoms with Gasteiger partial charge in [0.25, 0.3) is 0 Å². The van der Waals surface area contributed by atoms with E-state index in [4.69, 9.17) is 0 Å². The molecule has 2 heterocycles. The number of thiophene rings is 1. The maximum atomic E-state index is 12.0. The Morgan fingerprint density at radius 1 is 1.50 bits per heavy atom. The molecule has 2 atom stereocenters. The SMILES string of the molecule is C[C@H](Cn1ccnc1)NC(=O)NC[C@H](c1cccs1)N(C)C. The fourth-order valence-corrected chi connectivity index (χ4v) is 3.16. The quantitative estimate of drug-likeness (QED) is 0.819. The third kappa shape index (κ3) is 4.85. The second kappa shape index (κ2) is 7.95. The van der Waals surface area contributed by atoms with Crippen molar-refractivity contribution in [2.24, 2.45) is 0 Å². The first kappa shape index (κ1) is 16.5. The van der Waals surface area contributed by atoms with Crippen molar-refractivity contribution in [3.8, 4) is 0 Å². The first-order chi connectivity index (χ1) is 10.6. The topological polar surface area (TPSA) is 62.2 Å². The van der Waals surface area contributed by atoms with Gasteiger partial charge in [0.1, 0.15) is 0 Å². The van der Waals surface area contributed by atoms with Crippen molar-refractivity contribution in [1.82, 2.24) is 25.1 Å². The van der Waals surface area contributed by atoms with Crippen LogP contribution in [0.4, 0.5) is 4.79 Å². The molecule has 2 N–H and O–H groups in total. The maximum Gasteiger partial charge on any atom is 0.315 e. The van der Waals surface area contributed by atoms with Gasteiger partial charge in [0.05, 0.1) is 12.4 Å². The number of rotatable bonds is 7. The molecule has 22 heavy (non-hydrogen) atoms. The van der Waals surface area contributed by atoms with Crippen molar-refractivity contribution in [2.45, 2.75) is 25.6 Å².